The molecule has 0 aliphatic carbocycles. The molecule has 6 heteroatoms. The summed E-state index contributed by atoms with van der Waals surface area (Å²) >= 11 is 0. The Balaban J connectivity index is 2.22. The molecule has 0 spiro atoms. The van der Waals surface area contributed by atoms with Crippen LogP contribution in [-0.4, -0.2) is 51.2 Å². The molecule has 0 fully saturated rings. The molecule has 1 aromatic rings. The first-order valence-corrected chi connectivity index (χ1v) is 7.71. The number of benzene rings is 1. The van der Waals surface area contributed by atoms with Crippen molar-refractivity contribution in [2.75, 3.05) is 32.7 Å². The maximum atomic E-state index is 11.9. The van der Waals surface area contributed by atoms with Crippen molar-refractivity contribution < 1.29 is 23.7 Å². The van der Waals surface area contributed by atoms with Gasteiger partial charge in [-0.1, -0.05) is 0 Å². The second kappa shape index (κ2) is 10.2. The summed E-state index contributed by atoms with van der Waals surface area (Å²) in [5.74, 6) is -0.390. The number of anilines is 1. The average Bonchev–Trinajstić information content (AvgIpc) is 2.56. The first-order valence-electron chi connectivity index (χ1n) is 7.71. The van der Waals surface area contributed by atoms with Crippen LogP contribution in [0.3, 0.4) is 0 Å². The molecular formula is C17H27NO5. The van der Waals surface area contributed by atoms with Gasteiger partial charge in [-0.2, -0.15) is 0 Å². The molecule has 0 amide bonds. The standard InChI is InChI=1S/C17H27NO5/c1-12(20-4)9-21-13(2)10-22-14(3)11-23-17(19)15-5-7-16(18)8-6-15/h5-8,12-14H,9-11,18H2,1-4H3. The number of ether oxygens (including phenoxy) is 4. The molecule has 6 nitrogen and oxygen atoms in total. The van der Waals surface area contributed by atoms with Gasteiger partial charge in [0.1, 0.15) is 6.61 Å². The summed E-state index contributed by atoms with van der Waals surface area (Å²) in [6, 6.07) is 6.60. The summed E-state index contributed by atoms with van der Waals surface area (Å²) in [6.07, 6.45) is -0.211. The van der Waals surface area contributed by atoms with Crippen molar-refractivity contribution in [3.05, 3.63) is 29.8 Å². The van der Waals surface area contributed by atoms with Gasteiger partial charge < -0.3 is 24.7 Å². The van der Waals surface area contributed by atoms with Crippen LogP contribution in [0.1, 0.15) is 31.1 Å². The van der Waals surface area contributed by atoms with E-state index in [2.05, 4.69) is 0 Å². The summed E-state index contributed by atoms with van der Waals surface area (Å²) in [6.45, 7) is 6.84. The molecule has 0 heterocycles. The van der Waals surface area contributed by atoms with Crippen LogP contribution in [0.4, 0.5) is 5.69 Å². The average molecular weight is 325 g/mol. The minimum atomic E-state index is -0.390. The lowest BCUT2D eigenvalue weighted by molar-refractivity contribution is -0.0699. The molecule has 130 valence electrons. The fraction of sp³-hybridized carbons (Fsp3) is 0.588. The maximum Gasteiger partial charge on any atom is 0.338 e. The molecule has 2 N–H and O–H groups in total. The zero-order valence-electron chi connectivity index (χ0n) is 14.3. The Hall–Kier alpha value is -1.63. The number of carbonyl (C=O) groups is 1. The van der Waals surface area contributed by atoms with Gasteiger partial charge in [0.05, 0.1) is 37.1 Å². The summed E-state index contributed by atoms with van der Waals surface area (Å²) in [5, 5.41) is 0. The van der Waals surface area contributed by atoms with E-state index in [4.69, 9.17) is 24.7 Å². The number of nitrogens with two attached hydrogens (primary N) is 1. The molecular weight excluding hydrogens is 298 g/mol. The van der Waals surface area contributed by atoms with Crippen LogP contribution in [-0.2, 0) is 18.9 Å². The topological polar surface area (TPSA) is 80.0 Å². The van der Waals surface area contributed by atoms with E-state index >= 15 is 0 Å². The van der Waals surface area contributed by atoms with Crippen molar-refractivity contribution in [3.63, 3.8) is 0 Å². The highest BCUT2D eigenvalue weighted by Gasteiger charge is 2.12. The smallest absolute Gasteiger partial charge is 0.338 e. The van der Waals surface area contributed by atoms with Crippen molar-refractivity contribution in [1.82, 2.24) is 0 Å². The number of esters is 1. The molecule has 0 aliphatic rings. The van der Waals surface area contributed by atoms with E-state index in [-0.39, 0.29) is 24.9 Å². The molecule has 3 atom stereocenters. The van der Waals surface area contributed by atoms with Crippen molar-refractivity contribution in [2.45, 2.75) is 39.1 Å². The lowest BCUT2D eigenvalue weighted by atomic mass is 10.2. The van der Waals surface area contributed by atoms with Crippen LogP contribution in [0.5, 0.6) is 0 Å². The molecule has 0 aliphatic heterocycles. The van der Waals surface area contributed by atoms with Crippen LogP contribution in [0, 0.1) is 0 Å². The van der Waals surface area contributed by atoms with Crippen molar-refractivity contribution in [2.24, 2.45) is 0 Å². The van der Waals surface area contributed by atoms with Crippen molar-refractivity contribution in [3.8, 4) is 0 Å². The molecule has 0 radical (unpaired) electrons. The van der Waals surface area contributed by atoms with E-state index in [1.807, 2.05) is 20.8 Å². The third-order valence-electron chi connectivity index (χ3n) is 3.23. The SMILES string of the molecule is COC(C)COC(C)COC(C)COC(=O)c1ccc(N)cc1. The normalized spacial score (nSPS) is 15.0. The number of hydrogen-bond acceptors (Lipinski definition) is 6. The number of nitrogen functional groups attached to an aromatic ring is 1. The Morgan fingerprint density at radius 2 is 1.48 bits per heavy atom. The van der Waals surface area contributed by atoms with Crippen LogP contribution in [0.2, 0.25) is 0 Å². The minimum absolute atomic E-state index is 0.0516. The number of methoxy groups -OCH3 is 1. The van der Waals surface area contributed by atoms with Gasteiger partial charge in [-0.3, -0.25) is 0 Å². The monoisotopic (exact) mass is 325 g/mol. The summed E-state index contributed by atoms with van der Waals surface area (Å²) in [5.41, 5.74) is 6.65. The molecule has 1 rings (SSSR count). The number of rotatable bonds is 10. The third kappa shape index (κ3) is 7.97. The van der Waals surface area contributed by atoms with Crippen LogP contribution < -0.4 is 5.73 Å². The fourth-order valence-electron chi connectivity index (χ4n) is 1.66. The highest BCUT2D eigenvalue weighted by Crippen LogP contribution is 2.07. The van der Waals surface area contributed by atoms with Gasteiger partial charge >= 0.3 is 5.97 Å². The Morgan fingerprint density at radius 3 is 2.04 bits per heavy atom. The van der Waals surface area contributed by atoms with E-state index < -0.39 is 5.97 Å². The molecule has 0 bridgehead atoms. The van der Waals surface area contributed by atoms with Gasteiger partial charge in [-0.15, -0.1) is 0 Å². The van der Waals surface area contributed by atoms with Crippen molar-refractivity contribution >= 4 is 11.7 Å². The zero-order chi connectivity index (χ0) is 17.2. The van der Waals surface area contributed by atoms with E-state index in [0.29, 0.717) is 24.5 Å². The Bertz CT molecular complexity index is 463. The third-order valence-corrected chi connectivity index (χ3v) is 3.23. The van der Waals surface area contributed by atoms with Gasteiger partial charge in [0, 0.05) is 12.8 Å². The summed E-state index contributed by atoms with van der Waals surface area (Å²) in [7, 11) is 1.65. The highest BCUT2D eigenvalue weighted by atomic mass is 16.6. The lowest BCUT2D eigenvalue weighted by Gasteiger charge is -2.19. The van der Waals surface area contributed by atoms with Gasteiger partial charge in [0.25, 0.3) is 0 Å². The number of carbonyl (C=O) groups excluding carboxylic acids is 1. The lowest BCUT2D eigenvalue weighted by Crippen LogP contribution is -2.26. The minimum Gasteiger partial charge on any atom is -0.459 e. The second-order valence-corrected chi connectivity index (χ2v) is 5.55. The predicted molar refractivity (Wildman–Crippen MR) is 88.4 cm³/mol. The fourth-order valence-corrected chi connectivity index (χ4v) is 1.66. The molecule has 1 aromatic carbocycles. The maximum absolute atomic E-state index is 11.9. The van der Waals surface area contributed by atoms with Gasteiger partial charge in [-0.25, -0.2) is 4.79 Å². The van der Waals surface area contributed by atoms with Crippen LogP contribution in [0.15, 0.2) is 24.3 Å². The molecule has 3 unspecified atom stereocenters. The zero-order valence-corrected chi connectivity index (χ0v) is 14.3. The number of hydrogen-bond donors (Lipinski definition) is 1. The van der Waals surface area contributed by atoms with E-state index in [1.54, 1.807) is 31.4 Å². The van der Waals surface area contributed by atoms with Crippen LogP contribution in [0.25, 0.3) is 0 Å². The quantitative estimate of drug-likeness (QED) is 0.525. The Labute approximate surface area is 137 Å². The first kappa shape index (κ1) is 19.4. The van der Waals surface area contributed by atoms with E-state index in [1.165, 1.54) is 0 Å². The molecule has 0 saturated carbocycles. The molecule has 0 saturated heterocycles. The first-order chi connectivity index (χ1) is 10.9. The Morgan fingerprint density at radius 1 is 0.957 bits per heavy atom. The highest BCUT2D eigenvalue weighted by molar-refractivity contribution is 5.89. The molecule has 23 heavy (non-hydrogen) atoms. The van der Waals surface area contributed by atoms with Gasteiger partial charge in [0.15, 0.2) is 0 Å². The van der Waals surface area contributed by atoms with Crippen molar-refractivity contribution in [1.29, 1.82) is 0 Å². The van der Waals surface area contributed by atoms with Gasteiger partial charge in [0.2, 0.25) is 0 Å². The summed E-state index contributed by atoms with van der Waals surface area (Å²) < 4.78 is 21.5. The van der Waals surface area contributed by atoms with Gasteiger partial charge in [-0.05, 0) is 45.0 Å². The largest absolute Gasteiger partial charge is 0.459 e. The van der Waals surface area contributed by atoms with Crippen LogP contribution >= 0.6 is 0 Å². The molecule has 0 aromatic heterocycles. The van der Waals surface area contributed by atoms with E-state index in [0.717, 1.165) is 0 Å². The Kier molecular flexibility index (Phi) is 8.61. The summed E-state index contributed by atoms with van der Waals surface area (Å²) in [4.78, 5) is 11.9. The predicted octanol–water partition coefficient (Wildman–Crippen LogP) is 2.27. The van der Waals surface area contributed by atoms with E-state index in [9.17, 15) is 4.79 Å². The second-order valence-electron chi connectivity index (χ2n) is 5.55.